The summed E-state index contributed by atoms with van der Waals surface area (Å²) in [6.07, 6.45) is 0. The van der Waals surface area contributed by atoms with Gasteiger partial charge in [-0.25, -0.2) is 8.42 Å². The van der Waals surface area contributed by atoms with Crippen molar-refractivity contribution in [1.29, 1.82) is 0 Å². The summed E-state index contributed by atoms with van der Waals surface area (Å²) in [5.41, 5.74) is 2.03. The molecule has 1 atom stereocenters. The molecule has 1 heterocycles. The number of fused-ring (bicyclic) bond motifs is 1. The Balaban J connectivity index is 2.48. The van der Waals surface area contributed by atoms with Crippen molar-refractivity contribution in [2.45, 2.75) is 37.8 Å². The first-order valence-electron chi connectivity index (χ1n) is 5.49. The van der Waals surface area contributed by atoms with Gasteiger partial charge in [0, 0.05) is 12.1 Å². The van der Waals surface area contributed by atoms with Gasteiger partial charge in [-0.2, -0.15) is 0 Å². The molecular formula is C12H17NO2S. The molecule has 1 aromatic carbocycles. The van der Waals surface area contributed by atoms with Gasteiger partial charge in [0.1, 0.15) is 0 Å². The van der Waals surface area contributed by atoms with Crippen LogP contribution in [0.25, 0.3) is 0 Å². The minimum Gasteiger partial charge on any atom is -0.307 e. The molecular weight excluding hydrogens is 222 g/mol. The summed E-state index contributed by atoms with van der Waals surface area (Å²) >= 11 is 0. The SMILES string of the molecule is Cc1ccc2c(c1)C(NC(C)C)CS2(=O)=O. The van der Waals surface area contributed by atoms with Gasteiger partial charge in [0.05, 0.1) is 10.6 Å². The van der Waals surface area contributed by atoms with E-state index < -0.39 is 9.84 Å². The Morgan fingerprint density at radius 3 is 2.69 bits per heavy atom. The van der Waals surface area contributed by atoms with Crippen LogP contribution in [0.5, 0.6) is 0 Å². The van der Waals surface area contributed by atoms with E-state index in [9.17, 15) is 8.42 Å². The molecule has 0 fully saturated rings. The Morgan fingerprint density at radius 2 is 2.06 bits per heavy atom. The first-order chi connectivity index (χ1) is 7.40. The highest BCUT2D eigenvalue weighted by Gasteiger charge is 2.34. The van der Waals surface area contributed by atoms with Crippen molar-refractivity contribution in [2.75, 3.05) is 5.75 Å². The number of rotatable bonds is 2. The molecule has 1 N–H and O–H groups in total. The number of aryl methyl sites for hydroxylation is 1. The summed E-state index contributed by atoms with van der Waals surface area (Å²) < 4.78 is 23.8. The second kappa shape index (κ2) is 3.86. The van der Waals surface area contributed by atoms with E-state index in [2.05, 4.69) is 5.32 Å². The zero-order valence-electron chi connectivity index (χ0n) is 9.82. The minimum absolute atomic E-state index is 0.0556. The van der Waals surface area contributed by atoms with E-state index in [-0.39, 0.29) is 17.8 Å². The maximum Gasteiger partial charge on any atom is 0.180 e. The van der Waals surface area contributed by atoms with Crippen LogP contribution < -0.4 is 5.32 Å². The van der Waals surface area contributed by atoms with E-state index in [4.69, 9.17) is 0 Å². The third-order valence-corrected chi connectivity index (χ3v) is 4.61. The number of benzene rings is 1. The summed E-state index contributed by atoms with van der Waals surface area (Å²) in [5.74, 6) is 0.184. The molecule has 16 heavy (non-hydrogen) atoms. The third kappa shape index (κ3) is 1.99. The standard InChI is InChI=1S/C12H17NO2S/c1-8(2)13-11-7-16(14,15)12-5-4-9(3)6-10(11)12/h4-6,8,11,13H,7H2,1-3H3. The Kier molecular flexibility index (Phi) is 2.80. The highest BCUT2D eigenvalue weighted by atomic mass is 32.2. The second-order valence-corrected chi connectivity index (χ2v) is 6.70. The fraction of sp³-hybridized carbons (Fsp3) is 0.500. The summed E-state index contributed by atoms with van der Waals surface area (Å²) in [5, 5.41) is 3.30. The van der Waals surface area contributed by atoms with Gasteiger partial charge in [-0.15, -0.1) is 0 Å². The van der Waals surface area contributed by atoms with E-state index in [1.54, 1.807) is 6.07 Å². The maximum absolute atomic E-state index is 11.9. The van der Waals surface area contributed by atoms with Crippen molar-refractivity contribution < 1.29 is 8.42 Å². The largest absolute Gasteiger partial charge is 0.307 e. The molecule has 88 valence electrons. The quantitative estimate of drug-likeness (QED) is 0.856. The van der Waals surface area contributed by atoms with Crippen molar-refractivity contribution in [3.05, 3.63) is 29.3 Å². The van der Waals surface area contributed by atoms with Gasteiger partial charge in [-0.1, -0.05) is 31.5 Å². The van der Waals surface area contributed by atoms with E-state index in [1.165, 1.54) is 0 Å². The van der Waals surface area contributed by atoms with Gasteiger partial charge in [0.15, 0.2) is 9.84 Å². The van der Waals surface area contributed by atoms with Gasteiger partial charge in [0.2, 0.25) is 0 Å². The lowest BCUT2D eigenvalue weighted by Crippen LogP contribution is -2.29. The normalized spacial score (nSPS) is 22.4. The Morgan fingerprint density at radius 1 is 1.38 bits per heavy atom. The lowest BCUT2D eigenvalue weighted by Gasteiger charge is -2.15. The number of hydrogen-bond acceptors (Lipinski definition) is 3. The molecule has 0 radical (unpaired) electrons. The highest BCUT2D eigenvalue weighted by molar-refractivity contribution is 7.91. The Bertz CT molecular complexity index is 506. The van der Waals surface area contributed by atoms with Crippen LogP contribution in [0.1, 0.15) is 31.0 Å². The molecule has 1 aliphatic heterocycles. The Labute approximate surface area is 96.8 Å². The van der Waals surface area contributed by atoms with Crippen LogP contribution in [0, 0.1) is 6.92 Å². The molecule has 0 bridgehead atoms. The maximum atomic E-state index is 11.9. The molecule has 1 unspecified atom stereocenters. The monoisotopic (exact) mass is 239 g/mol. The molecule has 3 nitrogen and oxygen atoms in total. The van der Waals surface area contributed by atoms with E-state index in [0.29, 0.717) is 4.90 Å². The smallest absolute Gasteiger partial charge is 0.180 e. The van der Waals surface area contributed by atoms with Crippen LogP contribution in [0.4, 0.5) is 0 Å². The minimum atomic E-state index is -3.08. The first-order valence-corrected chi connectivity index (χ1v) is 7.15. The molecule has 1 aliphatic rings. The molecule has 0 aromatic heterocycles. The second-order valence-electron chi connectivity index (χ2n) is 4.70. The van der Waals surface area contributed by atoms with Gasteiger partial charge in [-0.05, 0) is 18.6 Å². The lowest BCUT2D eigenvalue weighted by molar-refractivity contribution is 0.508. The topological polar surface area (TPSA) is 46.2 Å². The fourth-order valence-corrected chi connectivity index (χ4v) is 3.89. The lowest BCUT2D eigenvalue weighted by atomic mass is 10.1. The molecule has 0 amide bonds. The van der Waals surface area contributed by atoms with Crippen LogP contribution in [-0.4, -0.2) is 20.2 Å². The van der Waals surface area contributed by atoms with Gasteiger partial charge in [0.25, 0.3) is 0 Å². The summed E-state index contributed by atoms with van der Waals surface area (Å²) in [7, 11) is -3.08. The van der Waals surface area contributed by atoms with E-state index in [0.717, 1.165) is 11.1 Å². The van der Waals surface area contributed by atoms with E-state index >= 15 is 0 Å². The number of sulfone groups is 1. The van der Waals surface area contributed by atoms with Crippen molar-refractivity contribution >= 4 is 9.84 Å². The van der Waals surface area contributed by atoms with Gasteiger partial charge in [-0.3, -0.25) is 0 Å². The molecule has 1 aromatic rings. The predicted octanol–water partition coefficient (Wildman–Crippen LogP) is 1.82. The zero-order chi connectivity index (χ0) is 11.9. The molecule has 0 saturated carbocycles. The van der Waals surface area contributed by atoms with Gasteiger partial charge < -0.3 is 5.32 Å². The van der Waals surface area contributed by atoms with Crippen molar-refractivity contribution in [2.24, 2.45) is 0 Å². The van der Waals surface area contributed by atoms with Crippen LogP contribution in [0.2, 0.25) is 0 Å². The fourth-order valence-electron chi connectivity index (χ4n) is 2.16. The molecule has 4 heteroatoms. The zero-order valence-corrected chi connectivity index (χ0v) is 10.6. The highest BCUT2D eigenvalue weighted by Crippen LogP contribution is 2.34. The summed E-state index contributed by atoms with van der Waals surface area (Å²) in [6, 6.07) is 5.78. The van der Waals surface area contributed by atoms with E-state index in [1.807, 2.05) is 32.9 Å². The molecule has 0 spiro atoms. The van der Waals surface area contributed by atoms with Crippen LogP contribution in [0.3, 0.4) is 0 Å². The number of hydrogen-bond donors (Lipinski definition) is 1. The van der Waals surface area contributed by atoms with Crippen LogP contribution in [0.15, 0.2) is 23.1 Å². The summed E-state index contributed by atoms with van der Waals surface area (Å²) in [6.45, 7) is 6.04. The Hall–Kier alpha value is -0.870. The predicted molar refractivity (Wildman–Crippen MR) is 64.2 cm³/mol. The first kappa shape index (κ1) is 11.6. The van der Waals surface area contributed by atoms with Crippen molar-refractivity contribution in [1.82, 2.24) is 5.32 Å². The van der Waals surface area contributed by atoms with Crippen molar-refractivity contribution in [3.8, 4) is 0 Å². The van der Waals surface area contributed by atoms with Crippen LogP contribution in [-0.2, 0) is 9.84 Å². The van der Waals surface area contributed by atoms with Gasteiger partial charge >= 0.3 is 0 Å². The average molecular weight is 239 g/mol. The average Bonchev–Trinajstić information content (AvgIpc) is 2.37. The number of nitrogens with one attached hydrogen (secondary N) is 1. The van der Waals surface area contributed by atoms with Crippen molar-refractivity contribution in [3.63, 3.8) is 0 Å². The third-order valence-electron chi connectivity index (χ3n) is 2.80. The molecule has 0 aliphatic carbocycles. The molecule has 2 rings (SSSR count). The summed E-state index contributed by atoms with van der Waals surface area (Å²) in [4.78, 5) is 0.497. The van der Waals surface area contributed by atoms with Crippen LogP contribution >= 0.6 is 0 Å². The molecule has 0 saturated heterocycles.